The van der Waals surface area contributed by atoms with Crippen molar-refractivity contribution in [2.24, 2.45) is 0 Å². The van der Waals surface area contributed by atoms with Gasteiger partial charge in [-0.15, -0.1) is 0 Å². The molecule has 0 saturated carbocycles. The molecule has 0 saturated heterocycles. The second-order valence-corrected chi connectivity index (χ2v) is 6.26. The van der Waals surface area contributed by atoms with Crippen molar-refractivity contribution in [3.8, 4) is 11.5 Å². The minimum absolute atomic E-state index is 0.313. The van der Waals surface area contributed by atoms with Crippen molar-refractivity contribution in [1.82, 2.24) is 0 Å². The maximum Gasteiger partial charge on any atom is 0.338 e. The van der Waals surface area contributed by atoms with E-state index in [4.69, 9.17) is 14.2 Å². The predicted octanol–water partition coefficient (Wildman–Crippen LogP) is 4.93. The topological polar surface area (TPSA) is 44.8 Å². The second kappa shape index (κ2) is 10.8. The molecule has 0 aliphatic heterocycles. The van der Waals surface area contributed by atoms with Gasteiger partial charge in [-0.1, -0.05) is 48.5 Å². The summed E-state index contributed by atoms with van der Waals surface area (Å²) >= 11 is 0. The zero-order valence-electron chi connectivity index (χ0n) is 15.8. The Balaban J connectivity index is 1.34. The Labute approximate surface area is 165 Å². The molecular formula is C24H24O4. The van der Waals surface area contributed by atoms with Gasteiger partial charge in [-0.25, -0.2) is 4.79 Å². The van der Waals surface area contributed by atoms with Gasteiger partial charge in [0, 0.05) is 0 Å². The van der Waals surface area contributed by atoms with Crippen molar-refractivity contribution < 1.29 is 19.0 Å². The molecule has 0 unspecified atom stereocenters. The Morgan fingerprint density at radius 2 is 1.21 bits per heavy atom. The number of para-hydroxylation sites is 1. The summed E-state index contributed by atoms with van der Waals surface area (Å²) in [6.45, 7) is 1.29. The molecule has 3 rings (SSSR count). The molecule has 0 spiro atoms. The summed E-state index contributed by atoms with van der Waals surface area (Å²) in [5.74, 6) is 1.20. The highest BCUT2D eigenvalue weighted by Gasteiger charge is 2.07. The number of ether oxygens (including phenoxy) is 3. The van der Waals surface area contributed by atoms with Crippen LogP contribution in [0.1, 0.15) is 22.3 Å². The average molecular weight is 376 g/mol. The van der Waals surface area contributed by atoms with Gasteiger partial charge in [0.2, 0.25) is 0 Å². The normalized spacial score (nSPS) is 10.3. The zero-order chi connectivity index (χ0) is 19.4. The molecule has 28 heavy (non-hydrogen) atoms. The van der Waals surface area contributed by atoms with E-state index in [2.05, 4.69) is 12.1 Å². The lowest BCUT2D eigenvalue weighted by Gasteiger charge is -2.09. The minimum Gasteiger partial charge on any atom is -0.490 e. The summed E-state index contributed by atoms with van der Waals surface area (Å²) in [6, 6.07) is 26.7. The molecule has 0 fully saturated rings. The zero-order valence-corrected chi connectivity index (χ0v) is 15.8. The van der Waals surface area contributed by atoms with Gasteiger partial charge in [-0.05, 0) is 54.8 Å². The van der Waals surface area contributed by atoms with Crippen molar-refractivity contribution in [1.29, 1.82) is 0 Å². The van der Waals surface area contributed by atoms with E-state index in [1.54, 1.807) is 24.3 Å². The van der Waals surface area contributed by atoms with Gasteiger partial charge in [0.25, 0.3) is 0 Å². The van der Waals surface area contributed by atoms with E-state index < -0.39 is 0 Å². The smallest absolute Gasteiger partial charge is 0.338 e. The lowest BCUT2D eigenvalue weighted by atomic mass is 10.1. The molecule has 4 nitrogen and oxygen atoms in total. The van der Waals surface area contributed by atoms with E-state index in [9.17, 15) is 4.79 Å². The van der Waals surface area contributed by atoms with E-state index in [0.717, 1.165) is 18.6 Å². The molecule has 0 aromatic heterocycles. The highest BCUT2D eigenvalue weighted by molar-refractivity contribution is 5.89. The lowest BCUT2D eigenvalue weighted by Crippen LogP contribution is -2.09. The molecule has 4 heteroatoms. The van der Waals surface area contributed by atoms with E-state index in [-0.39, 0.29) is 5.97 Å². The maximum absolute atomic E-state index is 12.1. The number of aryl methyl sites for hydroxylation is 1. The van der Waals surface area contributed by atoms with Crippen LogP contribution in [0.4, 0.5) is 0 Å². The van der Waals surface area contributed by atoms with Gasteiger partial charge in [-0.3, -0.25) is 0 Å². The standard InChI is InChI=1S/C24H24O4/c25-24(28-17-7-10-20-8-3-1-4-9-20)21-13-15-23(16-14-21)27-19-18-26-22-11-5-2-6-12-22/h1-6,8-9,11-16H,7,10,17-19H2. The van der Waals surface area contributed by atoms with Crippen LogP contribution >= 0.6 is 0 Å². The van der Waals surface area contributed by atoms with Gasteiger partial charge < -0.3 is 14.2 Å². The molecule has 0 radical (unpaired) electrons. The molecule has 0 aliphatic rings. The van der Waals surface area contributed by atoms with Crippen molar-refractivity contribution in [2.75, 3.05) is 19.8 Å². The molecular weight excluding hydrogens is 352 g/mol. The Bertz CT molecular complexity index is 829. The van der Waals surface area contributed by atoms with Gasteiger partial charge in [0.1, 0.15) is 24.7 Å². The van der Waals surface area contributed by atoms with Crippen LogP contribution in [0.15, 0.2) is 84.9 Å². The Morgan fingerprint density at radius 1 is 0.643 bits per heavy atom. The Morgan fingerprint density at radius 3 is 1.86 bits per heavy atom. The third-order valence-electron chi connectivity index (χ3n) is 4.14. The minimum atomic E-state index is -0.313. The van der Waals surface area contributed by atoms with E-state index in [0.29, 0.717) is 31.1 Å². The van der Waals surface area contributed by atoms with Crippen molar-refractivity contribution in [2.45, 2.75) is 12.8 Å². The second-order valence-electron chi connectivity index (χ2n) is 6.26. The molecule has 0 amide bonds. The monoisotopic (exact) mass is 376 g/mol. The fraction of sp³-hybridized carbons (Fsp3) is 0.208. The highest BCUT2D eigenvalue weighted by atomic mass is 16.5. The van der Waals surface area contributed by atoms with Crippen LogP contribution in [0.5, 0.6) is 11.5 Å². The molecule has 0 heterocycles. The van der Waals surface area contributed by atoms with Gasteiger partial charge in [-0.2, -0.15) is 0 Å². The number of benzene rings is 3. The molecule has 0 atom stereocenters. The predicted molar refractivity (Wildman–Crippen MR) is 109 cm³/mol. The summed E-state index contributed by atoms with van der Waals surface area (Å²) < 4.78 is 16.5. The van der Waals surface area contributed by atoms with Crippen LogP contribution in [0, 0.1) is 0 Å². The van der Waals surface area contributed by atoms with Crippen LogP contribution in [-0.2, 0) is 11.2 Å². The first-order chi connectivity index (χ1) is 13.8. The van der Waals surface area contributed by atoms with Gasteiger partial charge >= 0.3 is 5.97 Å². The highest BCUT2D eigenvalue weighted by Crippen LogP contribution is 2.14. The summed E-state index contributed by atoms with van der Waals surface area (Å²) in [5, 5.41) is 0. The SMILES string of the molecule is O=C(OCCCc1ccccc1)c1ccc(OCCOc2ccccc2)cc1. The first kappa shape index (κ1) is 19.5. The summed E-state index contributed by atoms with van der Waals surface area (Å²) in [5.41, 5.74) is 1.77. The number of hydrogen-bond acceptors (Lipinski definition) is 4. The maximum atomic E-state index is 12.1. The van der Waals surface area contributed by atoms with Crippen molar-refractivity contribution >= 4 is 5.97 Å². The molecule has 0 aliphatic carbocycles. The van der Waals surface area contributed by atoms with Gasteiger partial charge in [0.15, 0.2) is 0 Å². The fourth-order valence-electron chi connectivity index (χ4n) is 2.69. The summed E-state index contributed by atoms with van der Waals surface area (Å²) in [4.78, 5) is 12.1. The van der Waals surface area contributed by atoms with E-state index >= 15 is 0 Å². The molecule has 3 aromatic rings. The third kappa shape index (κ3) is 6.47. The van der Waals surface area contributed by atoms with Crippen LogP contribution in [-0.4, -0.2) is 25.8 Å². The van der Waals surface area contributed by atoms with Crippen LogP contribution in [0.2, 0.25) is 0 Å². The number of carbonyl (C=O) groups is 1. The Kier molecular flexibility index (Phi) is 7.50. The Hall–Kier alpha value is -3.27. The van der Waals surface area contributed by atoms with Crippen molar-refractivity contribution in [3.05, 3.63) is 96.1 Å². The number of esters is 1. The third-order valence-corrected chi connectivity index (χ3v) is 4.14. The van der Waals surface area contributed by atoms with E-state index in [1.807, 2.05) is 48.5 Å². The quantitative estimate of drug-likeness (QED) is 0.372. The molecule has 0 N–H and O–H groups in total. The average Bonchev–Trinajstić information content (AvgIpc) is 2.76. The first-order valence-electron chi connectivity index (χ1n) is 9.43. The van der Waals surface area contributed by atoms with Crippen LogP contribution < -0.4 is 9.47 Å². The number of rotatable bonds is 10. The lowest BCUT2D eigenvalue weighted by molar-refractivity contribution is 0.0500. The van der Waals surface area contributed by atoms with Gasteiger partial charge in [0.05, 0.1) is 12.2 Å². The summed E-state index contributed by atoms with van der Waals surface area (Å²) in [7, 11) is 0. The first-order valence-corrected chi connectivity index (χ1v) is 9.43. The van der Waals surface area contributed by atoms with Crippen LogP contribution in [0.25, 0.3) is 0 Å². The van der Waals surface area contributed by atoms with Crippen LogP contribution in [0.3, 0.4) is 0 Å². The molecule has 144 valence electrons. The largest absolute Gasteiger partial charge is 0.490 e. The molecule has 3 aromatic carbocycles. The fourth-order valence-corrected chi connectivity index (χ4v) is 2.69. The van der Waals surface area contributed by atoms with Crippen molar-refractivity contribution in [3.63, 3.8) is 0 Å². The molecule has 0 bridgehead atoms. The number of hydrogen-bond donors (Lipinski definition) is 0. The van der Waals surface area contributed by atoms with E-state index in [1.165, 1.54) is 5.56 Å². The number of carbonyl (C=O) groups excluding carboxylic acids is 1. The summed E-state index contributed by atoms with van der Waals surface area (Å²) in [6.07, 6.45) is 1.70.